The van der Waals surface area contributed by atoms with E-state index in [0.717, 1.165) is 30.6 Å². The van der Waals surface area contributed by atoms with Crippen LogP contribution < -0.4 is 10.6 Å². The van der Waals surface area contributed by atoms with Crippen molar-refractivity contribution in [2.75, 3.05) is 11.9 Å². The molecule has 0 bridgehead atoms. The van der Waals surface area contributed by atoms with Gasteiger partial charge in [-0.3, -0.25) is 4.79 Å². The Morgan fingerprint density at radius 3 is 2.91 bits per heavy atom. The quantitative estimate of drug-likeness (QED) is 0.907. The highest BCUT2D eigenvalue weighted by Gasteiger charge is 2.20. The van der Waals surface area contributed by atoms with Crippen molar-refractivity contribution in [3.8, 4) is 0 Å². The van der Waals surface area contributed by atoms with Crippen molar-refractivity contribution in [3.63, 3.8) is 0 Å². The molecule has 0 spiro atoms. The van der Waals surface area contributed by atoms with Gasteiger partial charge in [-0.1, -0.05) is 0 Å². The van der Waals surface area contributed by atoms with E-state index < -0.39 is 0 Å². The van der Waals surface area contributed by atoms with E-state index in [9.17, 15) is 4.79 Å². The van der Waals surface area contributed by atoms with E-state index in [0.29, 0.717) is 17.3 Å². The number of hydrogen-bond acceptors (Lipinski definition) is 5. The van der Waals surface area contributed by atoms with Crippen LogP contribution in [0.5, 0.6) is 0 Å². The minimum atomic E-state index is -0.261. The fourth-order valence-corrected chi connectivity index (χ4v) is 2.61. The van der Waals surface area contributed by atoms with Crippen molar-refractivity contribution in [2.45, 2.75) is 32.7 Å². The van der Waals surface area contributed by atoms with Crippen molar-refractivity contribution in [1.82, 2.24) is 20.3 Å². The minimum absolute atomic E-state index is 0.213. The van der Waals surface area contributed by atoms with E-state index in [1.165, 1.54) is 0 Å². The van der Waals surface area contributed by atoms with Crippen LogP contribution in [-0.4, -0.2) is 27.4 Å². The Hall–Kier alpha value is -2.34. The lowest BCUT2D eigenvalue weighted by Crippen LogP contribution is -2.19. The molecule has 1 aliphatic rings. The zero-order chi connectivity index (χ0) is 15.5. The molecule has 0 unspecified atom stereocenters. The third-order valence-electron chi connectivity index (χ3n) is 3.66. The van der Waals surface area contributed by atoms with Gasteiger partial charge < -0.3 is 10.6 Å². The molecule has 0 saturated carbocycles. The fraction of sp³-hybridized carbons (Fsp3) is 0.375. The van der Waals surface area contributed by atoms with Crippen molar-refractivity contribution in [1.29, 1.82) is 0 Å². The van der Waals surface area contributed by atoms with E-state index in [1.54, 1.807) is 19.2 Å². The predicted molar refractivity (Wildman–Crippen MR) is 83.7 cm³/mol. The summed E-state index contributed by atoms with van der Waals surface area (Å²) in [5.74, 6) is 0.873. The molecule has 114 valence electrons. The molecule has 22 heavy (non-hydrogen) atoms. The van der Waals surface area contributed by atoms with Crippen molar-refractivity contribution < 1.29 is 4.79 Å². The van der Waals surface area contributed by atoms with Crippen LogP contribution in [0.15, 0.2) is 24.4 Å². The molecular weight excluding hydrogens is 278 g/mol. The number of hydrogen-bond donors (Lipinski definition) is 2. The number of amides is 1. The Kier molecular flexibility index (Phi) is 4.11. The summed E-state index contributed by atoms with van der Waals surface area (Å²) in [5, 5.41) is 6.17. The second kappa shape index (κ2) is 6.19. The highest BCUT2D eigenvalue weighted by molar-refractivity contribution is 6.02. The molecule has 0 radical (unpaired) electrons. The average Bonchev–Trinajstić information content (AvgIpc) is 3.01. The molecule has 1 fully saturated rings. The molecule has 2 aromatic rings. The summed E-state index contributed by atoms with van der Waals surface area (Å²) < 4.78 is 0. The van der Waals surface area contributed by atoms with Crippen LogP contribution >= 0.6 is 0 Å². The Morgan fingerprint density at radius 2 is 2.18 bits per heavy atom. The first-order valence-electron chi connectivity index (χ1n) is 7.45. The standard InChI is InChI=1S/C16H19N5O/c1-10-5-7-18-15(8-10)21-16(22)14-9-13(19-11(2)20-14)12-4-3-6-17-12/h5,7-9,12,17H,3-4,6H2,1-2H3,(H,18,21,22)/t12-/m1/s1. The summed E-state index contributed by atoms with van der Waals surface area (Å²) in [6.07, 6.45) is 3.84. The van der Waals surface area contributed by atoms with Crippen LogP contribution in [-0.2, 0) is 0 Å². The maximum atomic E-state index is 12.4. The molecule has 6 heteroatoms. The van der Waals surface area contributed by atoms with Crippen LogP contribution in [0.1, 0.15) is 46.5 Å². The van der Waals surface area contributed by atoms with Crippen molar-refractivity contribution in [2.24, 2.45) is 0 Å². The molecule has 1 aliphatic heterocycles. The summed E-state index contributed by atoms with van der Waals surface area (Å²) in [6, 6.07) is 5.69. The summed E-state index contributed by atoms with van der Waals surface area (Å²) in [6.45, 7) is 4.75. The number of pyridine rings is 1. The first-order valence-corrected chi connectivity index (χ1v) is 7.45. The molecule has 1 saturated heterocycles. The topological polar surface area (TPSA) is 79.8 Å². The zero-order valence-electron chi connectivity index (χ0n) is 12.8. The molecule has 6 nitrogen and oxygen atoms in total. The number of nitrogens with zero attached hydrogens (tertiary/aromatic N) is 3. The molecule has 1 amide bonds. The molecular formula is C16H19N5O. The Labute approximate surface area is 129 Å². The first-order chi connectivity index (χ1) is 10.6. The Morgan fingerprint density at radius 1 is 1.32 bits per heavy atom. The number of nitrogens with one attached hydrogen (secondary N) is 2. The van der Waals surface area contributed by atoms with Gasteiger partial charge in [-0.15, -0.1) is 0 Å². The van der Waals surface area contributed by atoms with Crippen molar-refractivity contribution >= 4 is 11.7 Å². The highest BCUT2D eigenvalue weighted by Crippen LogP contribution is 2.22. The van der Waals surface area contributed by atoms with Gasteiger partial charge in [-0.05, 0) is 57.0 Å². The lowest BCUT2D eigenvalue weighted by Gasteiger charge is -2.12. The van der Waals surface area contributed by atoms with E-state index >= 15 is 0 Å². The van der Waals surface area contributed by atoms with E-state index in [1.807, 2.05) is 19.1 Å². The molecule has 1 atom stereocenters. The minimum Gasteiger partial charge on any atom is -0.309 e. The summed E-state index contributed by atoms with van der Waals surface area (Å²) in [7, 11) is 0. The number of anilines is 1. The van der Waals surface area contributed by atoms with Crippen LogP contribution in [0, 0.1) is 13.8 Å². The molecule has 2 N–H and O–H groups in total. The third-order valence-corrected chi connectivity index (χ3v) is 3.66. The van der Waals surface area contributed by atoms with Gasteiger partial charge in [0.05, 0.1) is 5.69 Å². The molecule has 3 heterocycles. The fourth-order valence-electron chi connectivity index (χ4n) is 2.61. The smallest absolute Gasteiger partial charge is 0.275 e. The molecule has 2 aromatic heterocycles. The van der Waals surface area contributed by atoms with Gasteiger partial charge in [-0.25, -0.2) is 15.0 Å². The van der Waals surface area contributed by atoms with Crippen LogP contribution in [0.3, 0.4) is 0 Å². The maximum absolute atomic E-state index is 12.4. The van der Waals surface area contributed by atoms with Gasteiger partial charge in [0, 0.05) is 12.2 Å². The van der Waals surface area contributed by atoms with Gasteiger partial charge in [0.25, 0.3) is 5.91 Å². The van der Waals surface area contributed by atoms with E-state index in [-0.39, 0.29) is 11.9 Å². The number of carbonyl (C=O) groups excluding carboxylic acids is 1. The maximum Gasteiger partial charge on any atom is 0.275 e. The van der Waals surface area contributed by atoms with E-state index in [4.69, 9.17) is 0 Å². The number of aryl methyl sites for hydroxylation is 2. The number of carbonyl (C=O) groups is 1. The second-order valence-corrected chi connectivity index (χ2v) is 5.55. The van der Waals surface area contributed by atoms with Gasteiger partial charge in [-0.2, -0.15) is 0 Å². The van der Waals surface area contributed by atoms with Crippen LogP contribution in [0.2, 0.25) is 0 Å². The van der Waals surface area contributed by atoms with Gasteiger partial charge in [0.15, 0.2) is 0 Å². The highest BCUT2D eigenvalue weighted by atomic mass is 16.1. The van der Waals surface area contributed by atoms with E-state index in [2.05, 4.69) is 25.6 Å². The number of rotatable bonds is 3. The number of aromatic nitrogens is 3. The van der Waals surface area contributed by atoms with Crippen LogP contribution in [0.4, 0.5) is 5.82 Å². The first kappa shape index (κ1) is 14.6. The monoisotopic (exact) mass is 297 g/mol. The lowest BCUT2D eigenvalue weighted by molar-refractivity contribution is 0.102. The SMILES string of the molecule is Cc1ccnc(NC(=O)c2cc([C@H]3CCCN3)nc(C)n2)c1. The second-order valence-electron chi connectivity index (χ2n) is 5.55. The molecule has 0 aromatic carbocycles. The summed E-state index contributed by atoms with van der Waals surface area (Å²) in [5.41, 5.74) is 2.30. The Balaban J connectivity index is 1.82. The normalized spacial score (nSPS) is 17.5. The Bertz CT molecular complexity index is 695. The average molecular weight is 297 g/mol. The van der Waals surface area contributed by atoms with Gasteiger partial charge in [0.2, 0.25) is 0 Å². The van der Waals surface area contributed by atoms with Gasteiger partial charge >= 0.3 is 0 Å². The van der Waals surface area contributed by atoms with Gasteiger partial charge in [0.1, 0.15) is 17.3 Å². The largest absolute Gasteiger partial charge is 0.309 e. The zero-order valence-corrected chi connectivity index (χ0v) is 12.8. The van der Waals surface area contributed by atoms with Crippen molar-refractivity contribution in [3.05, 3.63) is 47.2 Å². The van der Waals surface area contributed by atoms with Crippen LogP contribution in [0.25, 0.3) is 0 Å². The third kappa shape index (κ3) is 3.28. The molecule has 3 rings (SSSR count). The predicted octanol–water partition coefficient (Wildman–Crippen LogP) is 2.17. The lowest BCUT2D eigenvalue weighted by atomic mass is 10.1. The molecule has 0 aliphatic carbocycles. The summed E-state index contributed by atoms with van der Waals surface area (Å²) >= 11 is 0. The summed E-state index contributed by atoms with van der Waals surface area (Å²) in [4.78, 5) is 25.2.